The number of carbonyl (C=O) groups is 3. The fraction of sp³-hybridized carbons (Fsp3) is 0.360. The van der Waals surface area contributed by atoms with Crippen molar-refractivity contribution in [2.75, 3.05) is 19.6 Å². The number of thiazole rings is 1. The first kappa shape index (κ1) is 21.6. The molecule has 3 aromatic rings. The molecular weight excluding hydrogens is 436 g/mol. The number of carbonyl (C=O) groups excluding carboxylic acids is 3. The molecule has 2 aliphatic heterocycles. The van der Waals surface area contributed by atoms with Crippen LogP contribution >= 0.6 is 11.3 Å². The van der Waals surface area contributed by atoms with Crippen molar-refractivity contribution in [2.24, 2.45) is 0 Å². The van der Waals surface area contributed by atoms with E-state index in [2.05, 4.69) is 11.4 Å². The van der Waals surface area contributed by atoms with Crippen LogP contribution < -0.4 is 5.32 Å². The third kappa shape index (κ3) is 3.78. The zero-order valence-corrected chi connectivity index (χ0v) is 19.3. The number of fused-ring (bicyclic) bond motifs is 1. The fourth-order valence-electron chi connectivity index (χ4n) is 4.84. The number of rotatable bonds is 5. The van der Waals surface area contributed by atoms with Gasteiger partial charge in [0.15, 0.2) is 0 Å². The lowest BCUT2D eigenvalue weighted by Gasteiger charge is -2.32. The Morgan fingerprint density at radius 3 is 2.67 bits per heavy atom. The summed E-state index contributed by atoms with van der Waals surface area (Å²) in [6.07, 6.45) is 2.25. The van der Waals surface area contributed by atoms with Crippen molar-refractivity contribution in [3.8, 4) is 0 Å². The topological polar surface area (TPSA) is 82.6 Å². The van der Waals surface area contributed by atoms with Crippen LogP contribution in [0.2, 0.25) is 0 Å². The number of hydrogen-bond acceptors (Lipinski definition) is 5. The molecule has 0 radical (unpaired) electrons. The van der Waals surface area contributed by atoms with Crippen LogP contribution in [0.15, 0.2) is 54.6 Å². The van der Waals surface area contributed by atoms with Gasteiger partial charge in [0, 0.05) is 19.0 Å². The lowest BCUT2D eigenvalue weighted by molar-refractivity contribution is -0.140. The van der Waals surface area contributed by atoms with Gasteiger partial charge >= 0.3 is 6.03 Å². The van der Waals surface area contributed by atoms with Crippen molar-refractivity contribution in [3.63, 3.8) is 0 Å². The summed E-state index contributed by atoms with van der Waals surface area (Å²) in [6.45, 7) is 2.80. The molecule has 5 rings (SSSR count). The number of benzene rings is 2. The smallest absolute Gasteiger partial charge is 0.325 e. The number of amides is 4. The van der Waals surface area contributed by atoms with Crippen molar-refractivity contribution in [1.82, 2.24) is 20.1 Å². The minimum Gasteiger partial charge on any atom is -0.340 e. The predicted octanol–water partition coefficient (Wildman–Crippen LogP) is 3.86. The molecule has 7 nitrogen and oxygen atoms in total. The van der Waals surface area contributed by atoms with E-state index >= 15 is 0 Å². The molecule has 4 amide bonds. The third-order valence-corrected chi connectivity index (χ3v) is 7.90. The minimum atomic E-state index is -1.12. The summed E-state index contributed by atoms with van der Waals surface area (Å²) in [7, 11) is 0. The highest BCUT2D eigenvalue weighted by molar-refractivity contribution is 7.18. The molecule has 0 saturated carbocycles. The second-order valence-electron chi connectivity index (χ2n) is 8.65. The lowest BCUT2D eigenvalue weighted by atomic mass is 9.87. The Balaban J connectivity index is 1.30. The number of nitrogens with zero attached hydrogens (tertiary/aromatic N) is 3. The zero-order valence-electron chi connectivity index (χ0n) is 18.5. The van der Waals surface area contributed by atoms with E-state index in [0.29, 0.717) is 19.5 Å². The first-order valence-corrected chi connectivity index (χ1v) is 12.2. The van der Waals surface area contributed by atoms with Gasteiger partial charge in [0.05, 0.1) is 15.2 Å². The molecule has 3 heterocycles. The second kappa shape index (κ2) is 8.59. The molecule has 2 aliphatic rings. The highest BCUT2D eigenvalue weighted by atomic mass is 32.1. The van der Waals surface area contributed by atoms with Gasteiger partial charge in [0.25, 0.3) is 5.91 Å². The molecule has 0 unspecified atom stereocenters. The van der Waals surface area contributed by atoms with Crippen LogP contribution in [0, 0.1) is 0 Å². The van der Waals surface area contributed by atoms with Gasteiger partial charge < -0.3 is 10.2 Å². The van der Waals surface area contributed by atoms with E-state index in [0.717, 1.165) is 38.5 Å². The molecule has 33 heavy (non-hydrogen) atoms. The maximum absolute atomic E-state index is 13.3. The molecular formula is C25H26N4O3S. The fourth-order valence-corrected chi connectivity index (χ4v) is 5.93. The molecule has 0 spiro atoms. The van der Waals surface area contributed by atoms with Crippen molar-refractivity contribution in [3.05, 3.63) is 65.2 Å². The first-order valence-electron chi connectivity index (χ1n) is 11.3. The Hall–Kier alpha value is -3.26. The molecule has 1 aromatic heterocycles. The Kier molecular flexibility index (Phi) is 5.62. The van der Waals surface area contributed by atoms with Crippen LogP contribution in [-0.4, -0.2) is 52.3 Å². The number of nitrogens with one attached hydrogen (secondary N) is 1. The molecule has 0 bridgehead atoms. The Morgan fingerprint density at radius 1 is 1.15 bits per heavy atom. The van der Waals surface area contributed by atoms with Crippen molar-refractivity contribution < 1.29 is 14.4 Å². The summed E-state index contributed by atoms with van der Waals surface area (Å²) in [4.78, 5) is 46.9. The average Bonchev–Trinajstić information content (AvgIpc) is 3.40. The van der Waals surface area contributed by atoms with Gasteiger partial charge in [0.2, 0.25) is 5.91 Å². The Bertz CT molecular complexity index is 1180. The van der Waals surface area contributed by atoms with E-state index in [9.17, 15) is 14.4 Å². The molecule has 0 aliphatic carbocycles. The highest BCUT2D eigenvalue weighted by Crippen LogP contribution is 2.34. The van der Waals surface area contributed by atoms with Crippen LogP contribution in [0.1, 0.15) is 42.7 Å². The van der Waals surface area contributed by atoms with Crippen LogP contribution in [0.25, 0.3) is 10.2 Å². The number of likely N-dealkylation sites (tertiary alicyclic amines) is 1. The van der Waals surface area contributed by atoms with Gasteiger partial charge in [-0.3, -0.25) is 14.5 Å². The summed E-state index contributed by atoms with van der Waals surface area (Å²) in [5.41, 5.74) is 0.594. The van der Waals surface area contributed by atoms with Gasteiger partial charge in [-0.1, -0.05) is 49.4 Å². The molecule has 2 fully saturated rings. The van der Waals surface area contributed by atoms with Crippen molar-refractivity contribution in [2.45, 2.75) is 37.6 Å². The van der Waals surface area contributed by atoms with Gasteiger partial charge in [-0.05, 0) is 37.0 Å². The number of hydrogen-bond donors (Lipinski definition) is 1. The van der Waals surface area contributed by atoms with Crippen molar-refractivity contribution >= 4 is 39.4 Å². The molecule has 8 heteroatoms. The lowest BCUT2D eigenvalue weighted by Crippen LogP contribution is -2.47. The zero-order chi connectivity index (χ0) is 23.0. The summed E-state index contributed by atoms with van der Waals surface area (Å²) in [6, 6.07) is 16.8. The number of piperidine rings is 1. The number of aromatic nitrogens is 1. The molecule has 1 N–H and O–H groups in total. The standard InChI is InChI=1S/C25H26N4O3S/c1-2-25(18-10-4-3-5-11-18)23(31)29(24(32)27-25)16-21(30)28-14-8-9-17(15-28)22-26-19-12-6-7-13-20(19)33-22/h3-7,10-13,17H,2,8-9,14-16H2,1H3,(H,27,32)/t17-,25-/m0/s1. The van der Waals surface area contributed by atoms with Gasteiger partial charge in [-0.15, -0.1) is 11.3 Å². The molecule has 170 valence electrons. The highest BCUT2D eigenvalue weighted by Gasteiger charge is 2.51. The summed E-state index contributed by atoms with van der Waals surface area (Å²) < 4.78 is 1.15. The van der Waals surface area contributed by atoms with Gasteiger partial charge in [-0.25, -0.2) is 9.78 Å². The number of para-hydroxylation sites is 1. The van der Waals surface area contributed by atoms with Gasteiger partial charge in [-0.2, -0.15) is 0 Å². The SMILES string of the molecule is CC[C@@]1(c2ccccc2)NC(=O)N(CC(=O)N2CCC[C@H](c3nc4ccccc4s3)C2)C1=O. The monoisotopic (exact) mass is 462 g/mol. The van der Waals surface area contributed by atoms with Crippen LogP contribution in [-0.2, 0) is 15.1 Å². The number of urea groups is 1. The van der Waals surface area contributed by atoms with Gasteiger partial charge in [0.1, 0.15) is 12.1 Å². The van der Waals surface area contributed by atoms with E-state index in [-0.39, 0.29) is 24.3 Å². The predicted molar refractivity (Wildman–Crippen MR) is 127 cm³/mol. The Labute approximate surface area is 196 Å². The van der Waals surface area contributed by atoms with E-state index in [1.165, 1.54) is 0 Å². The quantitative estimate of drug-likeness (QED) is 0.584. The molecule has 2 aromatic carbocycles. The average molecular weight is 463 g/mol. The first-order chi connectivity index (χ1) is 16.0. The molecule has 2 saturated heterocycles. The van der Waals surface area contributed by atoms with Crippen LogP contribution in [0.5, 0.6) is 0 Å². The molecule has 2 atom stereocenters. The normalized spacial score (nSPS) is 23.2. The minimum absolute atomic E-state index is 0.169. The van der Waals surface area contributed by atoms with Crippen LogP contribution in [0.3, 0.4) is 0 Å². The summed E-state index contributed by atoms with van der Waals surface area (Å²) in [5.74, 6) is -0.402. The summed E-state index contributed by atoms with van der Waals surface area (Å²) >= 11 is 1.67. The van der Waals surface area contributed by atoms with E-state index in [1.807, 2.05) is 55.5 Å². The Morgan fingerprint density at radius 2 is 1.91 bits per heavy atom. The summed E-state index contributed by atoms with van der Waals surface area (Å²) in [5, 5.41) is 3.89. The van der Waals surface area contributed by atoms with Crippen LogP contribution in [0.4, 0.5) is 4.79 Å². The maximum Gasteiger partial charge on any atom is 0.325 e. The maximum atomic E-state index is 13.3. The second-order valence-corrected chi connectivity index (χ2v) is 9.71. The van der Waals surface area contributed by atoms with E-state index in [4.69, 9.17) is 4.98 Å². The van der Waals surface area contributed by atoms with E-state index < -0.39 is 11.6 Å². The third-order valence-electron chi connectivity index (χ3n) is 6.70. The largest absolute Gasteiger partial charge is 0.340 e. The van der Waals surface area contributed by atoms with Crippen molar-refractivity contribution in [1.29, 1.82) is 0 Å². The van der Waals surface area contributed by atoms with E-state index in [1.54, 1.807) is 16.2 Å². The number of imide groups is 1.